The fourth-order valence-electron chi connectivity index (χ4n) is 2.13. The molecule has 22 heavy (non-hydrogen) atoms. The third-order valence-corrected chi connectivity index (χ3v) is 4.84. The molecule has 1 amide bonds. The van der Waals surface area contributed by atoms with Crippen LogP contribution < -0.4 is 9.62 Å². The molecule has 0 bridgehead atoms. The first-order valence-electron chi connectivity index (χ1n) is 7.22. The molecule has 124 valence electrons. The normalized spacial score (nSPS) is 11.5. The van der Waals surface area contributed by atoms with E-state index in [1.807, 2.05) is 13.8 Å². The smallest absolute Gasteiger partial charge is 0.240 e. The Hall–Kier alpha value is -1.27. The van der Waals surface area contributed by atoms with Crippen LogP contribution in [-0.4, -0.2) is 33.2 Å². The van der Waals surface area contributed by atoms with Gasteiger partial charge < -0.3 is 5.32 Å². The molecule has 0 unspecified atom stereocenters. The summed E-state index contributed by atoms with van der Waals surface area (Å²) in [7, 11) is -3.59. The Morgan fingerprint density at radius 3 is 2.41 bits per heavy atom. The van der Waals surface area contributed by atoms with Gasteiger partial charge in [0.05, 0.1) is 11.9 Å². The van der Waals surface area contributed by atoms with Gasteiger partial charge in [0.1, 0.15) is 6.54 Å². The Bertz CT molecular complexity index is 628. The fourth-order valence-corrected chi connectivity index (χ4v) is 3.20. The fraction of sp³-hybridized carbons (Fsp3) is 0.533. The van der Waals surface area contributed by atoms with Gasteiger partial charge in [-0.05, 0) is 37.5 Å². The van der Waals surface area contributed by atoms with Gasteiger partial charge >= 0.3 is 0 Å². The first kappa shape index (κ1) is 18.8. The van der Waals surface area contributed by atoms with Crippen LogP contribution in [0.5, 0.6) is 0 Å². The maximum Gasteiger partial charge on any atom is 0.240 e. The van der Waals surface area contributed by atoms with Crippen LogP contribution >= 0.6 is 11.6 Å². The zero-order chi connectivity index (χ0) is 16.9. The molecule has 0 atom stereocenters. The minimum atomic E-state index is -3.59. The number of nitrogens with zero attached hydrogens (tertiary/aromatic N) is 1. The molecule has 0 spiro atoms. The van der Waals surface area contributed by atoms with Crippen molar-refractivity contribution in [3.8, 4) is 0 Å². The second-order valence-corrected chi connectivity index (χ2v) is 7.62. The molecular formula is C15H23ClN2O3S. The molecule has 0 aliphatic heterocycles. The summed E-state index contributed by atoms with van der Waals surface area (Å²) in [5.74, 6) is -0.321. The number of nitrogens with one attached hydrogen (secondary N) is 1. The average molecular weight is 347 g/mol. The number of benzene rings is 1. The van der Waals surface area contributed by atoms with E-state index in [-0.39, 0.29) is 18.5 Å². The van der Waals surface area contributed by atoms with E-state index in [0.29, 0.717) is 10.7 Å². The number of carbonyl (C=O) groups excluding carboxylic acids is 1. The van der Waals surface area contributed by atoms with Gasteiger partial charge in [-0.1, -0.05) is 31.5 Å². The van der Waals surface area contributed by atoms with Crippen molar-refractivity contribution in [3.05, 3.63) is 28.8 Å². The summed E-state index contributed by atoms with van der Waals surface area (Å²) in [5, 5.41) is 3.27. The average Bonchev–Trinajstić information content (AvgIpc) is 2.44. The van der Waals surface area contributed by atoms with Crippen LogP contribution in [0.3, 0.4) is 0 Å². The van der Waals surface area contributed by atoms with Crippen molar-refractivity contribution in [3.63, 3.8) is 0 Å². The predicted octanol–water partition coefficient (Wildman–Crippen LogP) is 2.72. The van der Waals surface area contributed by atoms with E-state index in [2.05, 4.69) is 5.32 Å². The van der Waals surface area contributed by atoms with Gasteiger partial charge in [0.25, 0.3) is 0 Å². The summed E-state index contributed by atoms with van der Waals surface area (Å²) >= 11 is 5.95. The third kappa shape index (κ3) is 5.18. The Balaban J connectivity index is 3.06. The number of aryl methyl sites for hydroxylation is 1. The number of carbonyl (C=O) groups is 1. The maximum absolute atomic E-state index is 12.1. The molecule has 1 aromatic carbocycles. The number of hydrogen-bond donors (Lipinski definition) is 1. The Labute approximate surface area is 137 Å². The highest BCUT2D eigenvalue weighted by Crippen LogP contribution is 2.26. The summed E-state index contributed by atoms with van der Waals surface area (Å²) in [6, 6.07) is 5.02. The van der Waals surface area contributed by atoms with E-state index in [1.54, 1.807) is 25.1 Å². The second kappa shape index (κ2) is 7.83. The number of hydrogen-bond acceptors (Lipinski definition) is 3. The highest BCUT2D eigenvalue weighted by molar-refractivity contribution is 7.92. The molecule has 0 saturated heterocycles. The summed E-state index contributed by atoms with van der Waals surface area (Å²) in [6.07, 6.45) is 2.69. The molecule has 1 rings (SSSR count). The van der Waals surface area contributed by atoms with Gasteiger partial charge in [0.15, 0.2) is 0 Å². The van der Waals surface area contributed by atoms with Crippen molar-refractivity contribution in [1.82, 2.24) is 5.32 Å². The number of anilines is 1. The van der Waals surface area contributed by atoms with Crippen molar-refractivity contribution >= 4 is 33.2 Å². The van der Waals surface area contributed by atoms with Crippen molar-refractivity contribution in [2.24, 2.45) is 0 Å². The zero-order valence-corrected chi connectivity index (χ0v) is 15.0. The van der Waals surface area contributed by atoms with E-state index in [1.165, 1.54) is 0 Å². The molecule has 0 aliphatic carbocycles. The molecule has 7 heteroatoms. The number of halogens is 1. The first-order valence-corrected chi connectivity index (χ1v) is 9.44. The summed E-state index contributed by atoms with van der Waals surface area (Å²) in [5.41, 5.74) is 1.17. The number of amides is 1. The van der Waals surface area contributed by atoms with Crippen LogP contribution in [0.15, 0.2) is 18.2 Å². The topological polar surface area (TPSA) is 66.5 Å². The zero-order valence-electron chi connectivity index (χ0n) is 13.4. The Morgan fingerprint density at radius 2 is 1.91 bits per heavy atom. The lowest BCUT2D eigenvalue weighted by atomic mass is 10.1. The highest BCUT2D eigenvalue weighted by Gasteiger charge is 2.23. The van der Waals surface area contributed by atoms with E-state index >= 15 is 0 Å². The van der Waals surface area contributed by atoms with Crippen molar-refractivity contribution in [2.75, 3.05) is 17.1 Å². The van der Waals surface area contributed by atoms with E-state index < -0.39 is 10.0 Å². The van der Waals surface area contributed by atoms with E-state index in [9.17, 15) is 13.2 Å². The van der Waals surface area contributed by atoms with Crippen LogP contribution in [0.2, 0.25) is 5.02 Å². The molecule has 5 nitrogen and oxygen atoms in total. The minimum absolute atomic E-state index is 0.0503. The molecule has 0 radical (unpaired) electrons. The maximum atomic E-state index is 12.1. The molecule has 1 N–H and O–H groups in total. The lowest BCUT2D eigenvalue weighted by Gasteiger charge is -2.25. The quantitative estimate of drug-likeness (QED) is 0.825. The van der Waals surface area contributed by atoms with Gasteiger partial charge in [-0.25, -0.2) is 8.42 Å². The van der Waals surface area contributed by atoms with Gasteiger partial charge in [0.2, 0.25) is 15.9 Å². The number of rotatable bonds is 7. The van der Waals surface area contributed by atoms with E-state index in [4.69, 9.17) is 11.6 Å². The molecule has 0 aliphatic rings. The summed E-state index contributed by atoms with van der Waals surface area (Å²) < 4.78 is 25.2. The van der Waals surface area contributed by atoms with Crippen LogP contribution in [0.1, 0.15) is 32.3 Å². The van der Waals surface area contributed by atoms with Crippen LogP contribution in [0.25, 0.3) is 0 Å². The predicted molar refractivity (Wildman–Crippen MR) is 90.9 cm³/mol. The van der Waals surface area contributed by atoms with Gasteiger partial charge in [-0.3, -0.25) is 9.10 Å². The second-order valence-electron chi connectivity index (χ2n) is 5.28. The SMILES string of the molecule is CCC(CC)NC(=O)CN(c1cc(Cl)ccc1C)S(C)(=O)=O. The molecule has 0 saturated carbocycles. The van der Waals surface area contributed by atoms with Gasteiger partial charge in [-0.2, -0.15) is 0 Å². The Kier molecular flexibility index (Phi) is 6.68. The Morgan fingerprint density at radius 1 is 1.32 bits per heavy atom. The summed E-state index contributed by atoms with van der Waals surface area (Å²) in [6.45, 7) is 5.48. The molecular weight excluding hydrogens is 324 g/mol. The number of sulfonamides is 1. The highest BCUT2D eigenvalue weighted by atomic mass is 35.5. The summed E-state index contributed by atoms with van der Waals surface area (Å²) in [4.78, 5) is 12.1. The van der Waals surface area contributed by atoms with Crippen LogP contribution in [-0.2, 0) is 14.8 Å². The molecule has 0 heterocycles. The minimum Gasteiger partial charge on any atom is -0.352 e. The lowest BCUT2D eigenvalue weighted by Crippen LogP contribution is -2.44. The van der Waals surface area contributed by atoms with Crippen molar-refractivity contribution in [1.29, 1.82) is 0 Å². The van der Waals surface area contributed by atoms with Crippen LogP contribution in [0.4, 0.5) is 5.69 Å². The van der Waals surface area contributed by atoms with Crippen LogP contribution in [0, 0.1) is 6.92 Å². The van der Waals surface area contributed by atoms with Crippen molar-refractivity contribution < 1.29 is 13.2 Å². The monoisotopic (exact) mass is 346 g/mol. The van der Waals surface area contributed by atoms with E-state index in [0.717, 1.165) is 29.0 Å². The van der Waals surface area contributed by atoms with Crippen molar-refractivity contribution in [2.45, 2.75) is 39.7 Å². The molecule has 0 aromatic heterocycles. The standard InChI is InChI=1S/C15H23ClN2O3S/c1-5-13(6-2)17-15(19)10-18(22(4,20)21)14-9-12(16)8-7-11(14)3/h7-9,13H,5-6,10H2,1-4H3,(H,17,19). The largest absolute Gasteiger partial charge is 0.352 e. The van der Waals surface area contributed by atoms with Gasteiger partial charge in [-0.15, -0.1) is 0 Å². The molecule has 1 aromatic rings. The third-order valence-electron chi connectivity index (χ3n) is 3.48. The lowest BCUT2D eigenvalue weighted by molar-refractivity contribution is -0.120. The first-order chi connectivity index (χ1) is 10.2. The van der Waals surface area contributed by atoms with Gasteiger partial charge in [0, 0.05) is 11.1 Å². The molecule has 0 fully saturated rings.